The molecule has 0 saturated carbocycles. The maximum Gasteiger partial charge on any atom is 0.330 e. The molecule has 1 fully saturated rings. The lowest BCUT2D eigenvalue weighted by molar-refractivity contribution is -0.384. The number of nitrogens with zero attached hydrogens (tertiary/aromatic N) is 2. The van der Waals surface area contributed by atoms with Gasteiger partial charge in [0.2, 0.25) is 5.91 Å². The van der Waals surface area contributed by atoms with Crippen molar-refractivity contribution in [1.82, 2.24) is 4.90 Å². The molecule has 0 bridgehead atoms. The van der Waals surface area contributed by atoms with E-state index in [4.69, 9.17) is 28.4 Å². The highest BCUT2D eigenvalue weighted by Gasteiger charge is 2.58. The van der Waals surface area contributed by atoms with Crippen LogP contribution in [0, 0.1) is 16.0 Å². The lowest BCUT2D eigenvalue weighted by atomic mass is 9.79. The SMILES string of the molecule is COc1ccc(COC(=O)C2C(C(COC=O)OCc3ccc([N+](=O)[O-])cc3)C(=O)N2C(Cc2ccc(OC)cc2)Cc2ccc(OC)cc2)cc1. The first-order chi connectivity index (χ1) is 25.2. The van der Waals surface area contributed by atoms with Crippen LogP contribution in [0.5, 0.6) is 17.2 Å². The molecule has 5 rings (SSSR count). The van der Waals surface area contributed by atoms with E-state index < -0.39 is 35.0 Å². The number of carbonyl (C=O) groups excluding carboxylic acids is 3. The van der Waals surface area contributed by atoms with E-state index in [1.54, 1.807) is 50.5 Å². The standard InChI is InChI=1S/C39H40N2O11/c1-47-32-14-6-26(7-15-32)20-31(21-27-8-16-33(48-2)17-9-27)40-37(39(44)52-23-29-10-18-34(49-3)19-11-29)36(38(40)43)35(24-50-25-42)51-22-28-4-12-30(13-5-28)41(45)46/h4-19,25,31,35-37H,20-24H2,1-3H3. The third kappa shape index (κ3) is 9.23. The summed E-state index contributed by atoms with van der Waals surface area (Å²) < 4.78 is 33.0. The minimum atomic E-state index is -1.09. The summed E-state index contributed by atoms with van der Waals surface area (Å²) in [6.45, 7) is -0.195. The second kappa shape index (κ2) is 17.8. The summed E-state index contributed by atoms with van der Waals surface area (Å²) in [6, 6.07) is 26.2. The van der Waals surface area contributed by atoms with Gasteiger partial charge in [-0.25, -0.2) is 4.79 Å². The number of esters is 1. The number of ether oxygens (including phenoxy) is 6. The van der Waals surface area contributed by atoms with E-state index in [0.29, 0.717) is 41.2 Å². The van der Waals surface area contributed by atoms with Crippen molar-refractivity contribution in [2.75, 3.05) is 27.9 Å². The van der Waals surface area contributed by atoms with E-state index in [0.717, 1.165) is 11.1 Å². The largest absolute Gasteiger partial charge is 0.497 e. The van der Waals surface area contributed by atoms with Gasteiger partial charge in [0.1, 0.15) is 42.6 Å². The summed E-state index contributed by atoms with van der Waals surface area (Å²) in [5.74, 6) is -0.0754. The predicted octanol–water partition coefficient (Wildman–Crippen LogP) is 5.10. The average molecular weight is 713 g/mol. The number of amides is 1. The lowest BCUT2D eigenvalue weighted by Crippen LogP contribution is -2.71. The summed E-state index contributed by atoms with van der Waals surface area (Å²) in [7, 11) is 4.72. The van der Waals surface area contributed by atoms with Crippen LogP contribution in [-0.4, -0.2) is 74.3 Å². The van der Waals surface area contributed by atoms with Gasteiger partial charge in [0.25, 0.3) is 12.2 Å². The van der Waals surface area contributed by atoms with Crippen LogP contribution >= 0.6 is 0 Å². The van der Waals surface area contributed by atoms with Gasteiger partial charge in [0.15, 0.2) is 0 Å². The number of non-ortho nitro benzene ring substituents is 1. The van der Waals surface area contributed by atoms with Crippen molar-refractivity contribution < 1.29 is 47.7 Å². The maximum absolute atomic E-state index is 14.3. The third-order valence-corrected chi connectivity index (χ3v) is 8.96. The Morgan fingerprint density at radius 1 is 0.750 bits per heavy atom. The number of nitro groups is 1. The van der Waals surface area contributed by atoms with Gasteiger partial charge >= 0.3 is 5.97 Å². The normalized spacial score (nSPS) is 15.7. The second-order valence-electron chi connectivity index (χ2n) is 12.1. The molecular formula is C39H40N2O11. The molecule has 0 aliphatic carbocycles. The van der Waals surface area contributed by atoms with Crippen molar-refractivity contribution in [3.05, 3.63) is 129 Å². The Morgan fingerprint density at radius 3 is 1.67 bits per heavy atom. The summed E-state index contributed by atoms with van der Waals surface area (Å²) in [4.78, 5) is 52.0. The zero-order valence-electron chi connectivity index (χ0n) is 29.0. The fraction of sp³-hybridized carbons (Fsp3) is 0.308. The van der Waals surface area contributed by atoms with Gasteiger partial charge in [-0.3, -0.25) is 19.7 Å². The molecule has 3 unspecified atom stereocenters. The highest BCUT2D eigenvalue weighted by atomic mass is 16.6. The fourth-order valence-electron chi connectivity index (χ4n) is 6.17. The zero-order valence-corrected chi connectivity index (χ0v) is 29.0. The average Bonchev–Trinajstić information content (AvgIpc) is 3.17. The Labute approximate surface area is 301 Å². The Balaban J connectivity index is 1.46. The quantitative estimate of drug-likeness (QED) is 0.0420. The maximum atomic E-state index is 14.3. The van der Waals surface area contributed by atoms with Crippen LogP contribution in [0.1, 0.15) is 22.3 Å². The van der Waals surface area contributed by atoms with Crippen molar-refractivity contribution in [2.24, 2.45) is 5.92 Å². The molecule has 52 heavy (non-hydrogen) atoms. The van der Waals surface area contributed by atoms with E-state index in [-0.39, 0.29) is 37.9 Å². The Kier molecular flexibility index (Phi) is 12.8. The molecule has 1 aliphatic heterocycles. The van der Waals surface area contributed by atoms with Crippen molar-refractivity contribution in [2.45, 2.75) is 44.2 Å². The summed E-state index contributed by atoms with van der Waals surface area (Å²) in [5, 5.41) is 11.1. The van der Waals surface area contributed by atoms with Crippen molar-refractivity contribution in [3.63, 3.8) is 0 Å². The van der Waals surface area contributed by atoms with Gasteiger partial charge in [-0.2, -0.15) is 0 Å². The van der Waals surface area contributed by atoms with Crippen molar-refractivity contribution >= 4 is 24.0 Å². The molecule has 0 aromatic heterocycles. The number of carbonyl (C=O) groups is 3. The number of hydrogen-bond acceptors (Lipinski definition) is 11. The number of β-lactam (4-membered cyclic amide) rings is 1. The number of nitro benzene ring substituents is 1. The molecule has 272 valence electrons. The molecule has 4 aromatic rings. The monoisotopic (exact) mass is 712 g/mol. The number of hydrogen-bond donors (Lipinski definition) is 0. The Hall–Kier alpha value is -5.95. The van der Waals surface area contributed by atoms with E-state index in [2.05, 4.69) is 0 Å². The molecule has 1 amide bonds. The van der Waals surface area contributed by atoms with Gasteiger partial charge in [0.05, 0.1) is 38.8 Å². The smallest absolute Gasteiger partial charge is 0.330 e. The topological polar surface area (TPSA) is 153 Å². The van der Waals surface area contributed by atoms with E-state index >= 15 is 0 Å². The Morgan fingerprint density at radius 2 is 1.21 bits per heavy atom. The van der Waals surface area contributed by atoms with Crippen LogP contribution in [-0.2, 0) is 54.6 Å². The first kappa shape index (κ1) is 37.3. The van der Waals surface area contributed by atoms with Crippen LogP contribution < -0.4 is 14.2 Å². The molecule has 0 radical (unpaired) electrons. The highest BCUT2D eigenvalue weighted by molar-refractivity contribution is 5.98. The fourth-order valence-corrected chi connectivity index (χ4v) is 6.17. The minimum absolute atomic E-state index is 0.0607. The minimum Gasteiger partial charge on any atom is -0.497 e. The van der Waals surface area contributed by atoms with Gasteiger partial charge < -0.3 is 33.3 Å². The van der Waals surface area contributed by atoms with Gasteiger partial charge in [-0.1, -0.05) is 36.4 Å². The van der Waals surface area contributed by atoms with Crippen LogP contribution in [0.4, 0.5) is 5.69 Å². The zero-order chi connectivity index (χ0) is 37.0. The van der Waals surface area contributed by atoms with Crippen LogP contribution in [0.2, 0.25) is 0 Å². The molecule has 13 heteroatoms. The van der Waals surface area contributed by atoms with Gasteiger partial charge in [0, 0.05) is 18.2 Å². The lowest BCUT2D eigenvalue weighted by Gasteiger charge is -2.51. The molecule has 0 spiro atoms. The third-order valence-electron chi connectivity index (χ3n) is 8.96. The van der Waals surface area contributed by atoms with Crippen molar-refractivity contribution in [3.8, 4) is 17.2 Å². The van der Waals surface area contributed by atoms with E-state index in [1.807, 2.05) is 48.5 Å². The first-order valence-corrected chi connectivity index (χ1v) is 16.5. The molecule has 4 aromatic carbocycles. The van der Waals surface area contributed by atoms with E-state index in [1.165, 1.54) is 24.3 Å². The van der Waals surface area contributed by atoms with Crippen LogP contribution in [0.25, 0.3) is 0 Å². The highest BCUT2D eigenvalue weighted by Crippen LogP contribution is 2.37. The molecule has 0 N–H and O–H groups in total. The molecule has 1 aliphatic rings. The number of benzene rings is 4. The molecular weight excluding hydrogens is 672 g/mol. The molecule has 3 atom stereocenters. The van der Waals surface area contributed by atoms with Gasteiger partial charge in [-0.15, -0.1) is 0 Å². The number of methoxy groups -OCH3 is 3. The van der Waals surface area contributed by atoms with E-state index in [9.17, 15) is 24.5 Å². The Bertz CT molecular complexity index is 1750. The van der Waals surface area contributed by atoms with Crippen LogP contribution in [0.15, 0.2) is 97.1 Å². The number of rotatable bonds is 19. The molecule has 13 nitrogen and oxygen atoms in total. The molecule has 1 saturated heterocycles. The van der Waals surface area contributed by atoms with Crippen molar-refractivity contribution in [1.29, 1.82) is 0 Å². The summed E-state index contributed by atoms with van der Waals surface area (Å²) >= 11 is 0. The van der Waals surface area contributed by atoms with Crippen LogP contribution in [0.3, 0.4) is 0 Å². The second-order valence-corrected chi connectivity index (χ2v) is 12.1. The predicted molar refractivity (Wildman–Crippen MR) is 188 cm³/mol. The first-order valence-electron chi connectivity index (χ1n) is 16.5. The van der Waals surface area contributed by atoms with Gasteiger partial charge in [-0.05, 0) is 83.6 Å². The summed E-state index contributed by atoms with van der Waals surface area (Å²) in [5.41, 5.74) is 3.04. The number of likely N-dealkylation sites (tertiary alicyclic amines) is 1. The summed E-state index contributed by atoms with van der Waals surface area (Å²) in [6.07, 6.45) is -0.239. The molecule has 1 heterocycles.